The normalized spacial score (nSPS) is 18.7. The highest BCUT2D eigenvalue weighted by Crippen LogP contribution is 2.44. The van der Waals surface area contributed by atoms with Gasteiger partial charge in [-0.05, 0) is 75.4 Å². The molecule has 0 radical (unpaired) electrons. The van der Waals surface area contributed by atoms with Crippen LogP contribution < -0.4 is 4.74 Å². The third-order valence-electron chi connectivity index (χ3n) is 6.88. The number of fused-ring (bicyclic) bond motifs is 2. The molecule has 8 nitrogen and oxygen atoms in total. The van der Waals surface area contributed by atoms with E-state index in [2.05, 4.69) is 5.16 Å². The van der Waals surface area contributed by atoms with Gasteiger partial charge in [0.05, 0.1) is 22.2 Å². The Bertz CT molecular complexity index is 1500. The fourth-order valence-corrected chi connectivity index (χ4v) is 5.47. The van der Waals surface area contributed by atoms with Crippen molar-refractivity contribution in [2.75, 3.05) is 0 Å². The minimum atomic E-state index is -1.06. The largest absolute Gasteiger partial charge is 0.486 e. The number of amides is 1. The quantitative estimate of drug-likeness (QED) is 0.322. The Morgan fingerprint density at radius 3 is 2.50 bits per heavy atom. The summed E-state index contributed by atoms with van der Waals surface area (Å²) in [6.07, 6.45) is 1.15. The standard InChI is InChI=1S/C29H27ClF2N2O6/c1-29(2,3)39-28(37)34-16-6-11-23(34)24(27(35)36)19(12-16)15-4-7-17(8-5-15)38-14-18-13-22(33-40-18)25-20(31)9-10-21(32)26(25)30/h4-5,7-10,13,16,23H,6,11-12,14H2,1-3H3,(H,35,36). The maximum Gasteiger partial charge on any atom is 0.411 e. The number of rotatable bonds is 6. The molecule has 2 unspecified atom stereocenters. The fraction of sp³-hybridized carbons (Fsp3) is 0.345. The summed E-state index contributed by atoms with van der Waals surface area (Å²) in [4.78, 5) is 26.8. The Kier molecular flexibility index (Phi) is 7.31. The van der Waals surface area contributed by atoms with Gasteiger partial charge in [-0.3, -0.25) is 4.90 Å². The summed E-state index contributed by atoms with van der Waals surface area (Å²) in [5.41, 5.74) is 0.761. The van der Waals surface area contributed by atoms with Crippen molar-refractivity contribution in [1.82, 2.24) is 10.1 Å². The lowest BCUT2D eigenvalue weighted by molar-refractivity contribution is -0.133. The van der Waals surface area contributed by atoms with E-state index in [0.717, 1.165) is 17.7 Å². The number of carboxylic acids is 1. The Labute approximate surface area is 234 Å². The molecule has 0 spiro atoms. The molecule has 3 aromatic rings. The number of hydrogen-bond donors (Lipinski definition) is 1. The number of carbonyl (C=O) groups is 2. The summed E-state index contributed by atoms with van der Waals surface area (Å²) < 4.78 is 44.5. The number of halogens is 3. The second kappa shape index (κ2) is 10.6. The van der Waals surface area contributed by atoms with E-state index in [1.165, 1.54) is 6.07 Å². The van der Waals surface area contributed by atoms with E-state index in [9.17, 15) is 23.5 Å². The van der Waals surface area contributed by atoms with Crippen LogP contribution in [0.4, 0.5) is 13.6 Å². The van der Waals surface area contributed by atoms with Gasteiger partial charge >= 0.3 is 12.1 Å². The zero-order valence-electron chi connectivity index (χ0n) is 22.0. The molecule has 3 heterocycles. The van der Waals surface area contributed by atoms with Gasteiger partial charge in [-0.25, -0.2) is 18.4 Å². The molecule has 2 atom stereocenters. The maximum absolute atomic E-state index is 14.2. The van der Waals surface area contributed by atoms with Crippen molar-refractivity contribution in [2.45, 2.75) is 64.3 Å². The lowest BCUT2D eigenvalue weighted by Gasteiger charge is -2.37. The average molecular weight is 573 g/mol. The van der Waals surface area contributed by atoms with Crippen molar-refractivity contribution in [3.63, 3.8) is 0 Å². The van der Waals surface area contributed by atoms with Gasteiger partial charge in [0.25, 0.3) is 0 Å². The minimum absolute atomic E-state index is 0.0384. The Morgan fingerprint density at radius 2 is 1.82 bits per heavy atom. The van der Waals surface area contributed by atoms with Crippen LogP contribution >= 0.6 is 11.6 Å². The molecule has 0 saturated carbocycles. The molecule has 5 rings (SSSR count). The van der Waals surface area contributed by atoms with Crippen molar-refractivity contribution in [3.05, 3.63) is 76.0 Å². The Morgan fingerprint density at radius 1 is 1.12 bits per heavy atom. The van der Waals surface area contributed by atoms with E-state index in [0.29, 0.717) is 30.6 Å². The summed E-state index contributed by atoms with van der Waals surface area (Å²) in [6.45, 7) is 5.29. The first-order chi connectivity index (χ1) is 18.9. The van der Waals surface area contributed by atoms with Gasteiger partial charge in [0.1, 0.15) is 35.3 Å². The van der Waals surface area contributed by atoms with E-state index in [1.54, 1.807) is 49.9 Å². The molecular weight excluding hydrogens is 546 g/mol. The van der Waals surface area contributed by atoms with E-state index in [4.69, 9.17) is 25.6 Å². The molecule has 210 valence electrons. The first kappa shape index (κ1) is 27.6. The van der Waals surface area contributed by atoms with Gasteiger partial charge < -0.3 is 19.1 Å². The van der Waals surface area contributed by atoms with E-state index in [-0.39, 0.29) is 35.2 Å². The molecule has 1 aromatic heterocycles. The predicted molar refractivity (Wildman–Crippen MR) is 142 cm³/mol. The topological polar surface area (TPSA) is 102 Å². The first-order valence-electron chi connectivity index (χ1n) is 12.7. The first-order valence-corrected chi connectivity index (χ1v) is 13.1. The number of aromatic nitrogens is 1. The Balaban J connectivity index is 1.31. The van der Waals surface area contributed by atoms with Crippen LogP contribution in [-0.4, -0.2) is 44.9 Å². The molecule has 1 N–H and O–H groups in total. The van der Waals surface area contributed by atoms with Crippen molar-refractivity contribution in [3.8, 4) is 17.0 Å². The highest BCUT2D eigenvalue weighted by molar-refractivity contribution is 6.33. The van der Waals surface area contributed by atoms with Crippen LogP contribution in [0.5, 0.6) is 5.75 Å². The molecule has 2 bridgehead atoms. The summed E-state index contributed by atoms with van der Waals surface area (Å²) in [5.74, 6) is -1.83. The molecule has 1 fully saturated rings. The van der Waals surface area contributed by atoms with E-state index in [1.807, 2.05) is 0 Å². The summed E-state index contributed by atoms with van der Waals surface area (Å²) in [6, 6.07) is 9.53. The van der Waals surface area contributed by atoms with Crippen LogP contribution in [0.3, 0.4) is 0 Å². The predicted octanol–water partition coefficient (Wildman–Crippen LogP) is 6.86. The van der Waals surface area contributed by atoms with Crippen molar-refractivity contribution in [2.24, 2.45) is 0 Å². The van der Waals surface area contributed by atoms with E-state index < -0.39 is 40.4 Å². The van der Waals surface area contributed by atoms with Gasteiger partial charge in [-0.1, -0.05) is 28.9 Å². The molecule has 40 heavy (non-hydrogen) atoms. The summed E-state index contributed by atoms with van der Waals surface area (Å²) >= 11 is 5.90. The fourth-order valence-electron chi connectivity index (χ4n) is 5.22. The molecule has 2 aliphatic rings. The molecule has 0 aliphatic carbocycles. The van der Waals surface area contributed by atoms with Crippen molar-refractivity contribution in [1.29, 1.82) is 0 Å². The summed E-state index contributed by atoms with van der Waals surface area (Å²) in [7, 11) is 0. The van der Waals surface area contributed by atoms with Gasteiger partial charge in [-0.15, -0.1) is 0 Å². The Hall–Kier alpha value is -3.92. The second-order valence-electron chi connectivity index (χ2n) is 10.7. The lowest BCUT2D eigenvalue weighted by atomic mass is 9.88. The van der Waals surface area contributed by atoms with Crippen LogP contribution in [0.2, 0.25) is 5.02 Å². The maximum atomic E-state index is 14.2. The number of hydrogen-bond acceptors (Lipinski definition) is 6. The zero-order chi connectivity index (χ0) is 28.8. The zero-order valence-corrected chi connectivity index (χ0v) is 22.8. The van der Waals surface area contributed by atoms with Gasteiger partial charge in [0.2, 0.25) is 0 Å². The average Bonchev–Trinajstić information content (AvgIpc) is 3.47. The highest BCUT2D eigenvalue weighted by atomic mass is 35.5. The smallest absolute Gasteiger partial charge is 0.411 e. The van der Waals surface area contributed by atoms with Gasteiger partial charge in [0.15, 0.2) is 5.76 Å². The number of nitrogens with zero attached hydrogens (tertiary/aromatic N) is 2. The van der Waals surface area contributed by atoms with Crippen LogP contribution in [0, 0.1) is 11.6 Å². The number of carbonyl (C=O) groups excluding carboxylic acids is 1. The molecule has 11 heteroatoms. The minimum Gasteiger partial charge on any atom is -0.486 e. The SMILES string of the molecule is CC(C)(C)OC(=O)N1C2CCC1C(C(=O)O)=C(c1ccc(OCc3cc(-c4c(F)ccc(F)c4Cl)no3)cc1)C2. The van der Waals surface area contributed by atoms with Crippen molar-refractivity contribution < 1.29 is 37.5 Å². The highest BCUT2D eigenvalue weighted by Gasteiger charge is 2.47. The number of carboxylic acid groups (broad SMARTS) is 1. The third-order valence-corrected chi connectivity index (χ3v) is 7.25. The molecule has 1 amide bonds. The lowest BCUT2D eigenvalue weighted by Crippen LogP contribution is -2.48. The number of aliphatic carboxylic acids is 1. The van der Waals surface area contributed by atoms with Gasteiger partial charge in [-0.2, -0.15) is 0 Å². The monoisotopic (exact) mass is 572 g/mol. The molecule has 1 saturated heterocycles. The van der Waals surface area contributed by atoms with Gasteiger partial charge in [0, 0.05) is 12.1 Å². The number of benzene rings is 2. The van der Waals surface area contributed by atoms with Crippen LogP contribution in [0.25, 0.3) is 16.8 Å². The molecule has 2 aromatic carbocycles. The van der Waals surface area contributed by atoms with Crippen molar-refractivity contribution >= 4 is 29.2 Å². The van der Waals surface area contributed by atoms with Crippen LogP contribution in [0.1, 0.15) is 51.4 Å². The molecular formula is C29H27ClF2N2O6. The summed E-state index contributed by atoms with van der Waals surface area (Å²) in [5, 5.41) is 13.5. The second-order valence-corrected chi connectivity index (χ2v) is 11.1. The molecule has 2 aliphatic heterocycles. The van der Waals surface area contributed by atoms with Crippen LogP contribution in [-0.2, 0) is 16.1 Å². The third kappa shape index (κ3) is 5.40. The number of ether oxygens (including phenoxy) is 2. The van der Waals surface area contributed by atoms with Crippen LogP contribution in [0.15, 0.2) is 52.6 Å². The van der Waals surface area contributed by atoms with E-state index >= 15 is 0 Å².